The predicted molar refractivity (Wildman–Crippen MR) is 86.2 cm³/mol. The number of H-pyrrole nitrogens is 1. The van der Waals surface area contributed by atoms with Gasteiger partial charge in [0.25, 0.3) is 5.91 Å². The molecule has 0 atom stereocenters. The lowest BCUT2D eigenvalue weighted by molar-refractivity contribution is 0.0741. The van der Waals surface area contributed by atoms with E-state index in [0.717, 1.165) is 29.7 Å². The largest absolute Gasteiger partial charge is 0.368 e. The minimum atomic E-state index is 0.00839. The number of nitrogens with one attached hydrogen (secondary N) is 1. The van der Waals surface area contributed by atoms with Crippen molar-refractivity contribution in [1.29, 1.82) is 0 Å². The zero-order chi connectivity index (χ0) is 15.6. The molecule has 23 heavy (non-hydrogen) atoms. The van der Waals surface area contributed by atoms with E-state index < -0.39 is 0 Å². The van der Waals surface area contributed by atoms with Gasteiger partial charge >= 0.3 is 0 Å². The molecule has 1 aliphatic heterocycles. The molecular formula is C16H16N6O. The molecule has 2 aromatic heterocycles. The van der Waals surface area contributed by atoms with Crippen molar-refractivity contribution in [2.24, 2.45) is 0 Å². The summed E-state index contributed by atoms with van der Waals surface area (Å²) in [5.74, 6) is 0.00839. The SMILES string of the molecule is O=C(c1ccn[nH]1)N1CCN(c2ccc3ncncc3c2)CC1. The van der Waals surface area contributed by atoms with E-state index in [2.05, 4.69) is 37.2 Å². The Morgan fingerprint density at radius 2 is 2.00 bits per heavy atom. The molecule has 7 heteroatoms. The summed E-state index contributed by atoms with van der Waals surface area (Å²) < 4.78 is 0. The van der Waals surface area contributed by atoms with Crippen LogP contribution in [-0.4, -0.2) is 57.2 Å². The molecule has 0 spiro atoms. The lowest BCUT2D eigenvalue weighted by Gasteiger charge is -2.36. The van der Waals surface area contributed by atoms with E-state index in [1.54, 1.807) is 18.6 Å². The van der Waals surface area contributed by atoms with E-state index in [1.807, 2.05) is 17.2 Å². The lowest BCUT2D eigenvalue weighted by Crippen LogP contribution is -2.48. The number of hydrogen-bond acceptors (Lipinski definition) is 5. The monoisotopic (exact) mass is 308 g/mol. The van der Waals surface area contributed by atoms with E-state index >= 15 is 0 Å². The standard InChI is InChI=1S/C16H16N6O/c23-16(15-3-4-19-20-15)22-7-5-21(6-8-22)13-1-2-14-12(9-13)10-17-11-18-14/h1-4,9-11H,5-8H2,(H,19,20). The summed E-state index contributed by atoms with van der Waals surface area (Å²) in [6.45, 7) is 3.00. The normalized spacial score (nSPS) is 15.1. The third kappa shape index (κ3) is 2.61. The minimum Gasteiger partial charge on any atom is -0.368 e. The van der Waals surface area contributed by atoms with E-state index in [0.29, 0.717) is 18.8 Å². The molecule has 3 aromatic rings. The van der Waals surface area contributed by atoms with Crippen molar-refractivity contribution in [3.63, 3.8) is 0 Å². The first kappa shape index (κ1) is 13.7. The Morgan fingerprint density at radius 1 is 1.13 bits per heavy atom. The molecule has 0 radical (unpaired) electrons. The molecular weight excluding hydrogens is 292 g/mol. The molecule has 1 aromatic carbocycles. The number of amides is 1. The van der Waals surface area contributed by atoms with Crippen LogP contribution in [0.2, 0.25) is 0 Å². The van der Waals surface area contributed by atoms with Gasteiger partial charge in [-0.25, -0.2) is 9.97 Å². The summed E-state index contributed by atoms with van der Waals surface area (Å²) >= 11 is 0. The molecule has 7 nitrogen and oxygen atoms in total. The number of hydrogen-bond donors (Lipinski definition) is 1. The highest BCUT2D eigenvalue weighted by atomic mass is 16.2. The zero-order valence-electron chi connectivity index (χ0n) is 12.5. The molecule has 1 saturated heterocycles. The van der Waals surface area contributed by atoms with Crippen molar-refractivity contribution < 1.29 is 4.79 Å². The first-order chi connectivity index (χ1) is 11.3. The Balaban J connectivity index is 1.47. The highest BCUT2D eigenvalue weighted by Gasteiger charge is 2.23. The summed E-state index contributed by atoms with van der Waals surface area (Å²) in [6.07, 6.45) is 4.98. The Labute approximate surface area is 133 Å². The van der Waals surface area contributed by atoms with Crippen molar-refractivity contribution in [3.8, 4) is 0 Å². The van der Waals surface area contributed by atoms with Gasteiger partial charge in [0.2, 0.25) is 0 Å². The second kappa shape index (κ2) is 5.68. The number of nitrogens with zero attached hydrogens (tertiary/aromatic N) is 5. The fraction of sp³-hybridized carbons (Fsp3) is 0.250. The first-order valence-corrected chi connectivity index (χ1v) is 7.54. The molecule has 116 valence electrons. The summed E-state index contributed by atoms with van der Waals surface area (Å²) in [6, 6.07) is 7.88. The molecule has 0 aliphatic carbocycles. The third-order valence-corrected chi connectivity index (χ3v) is 4.15. The van der Waals surface area contributed by atoms with Crippen molar-refractivity contribution in [2.45, 2.75) is 0 Å². The third-order valence-electron chi connectivity index (χ3n) is 4.15. The summed E-state index contributed by atoms with van der Waals surface area (Å²) in [4.78, 5) is 24.7. The average molecular weight is 308 g/mol. The van der Waals surface area contributed by atoms with Crippen LogP contribution in [0.25, 0.3) is 10.9 Å². The molecule has 0 bridgehead atoms. The Hall–Kier alpha value is -2.96. The van der Waals surface area contributed by atoms with Gasteiger partial charge in [0.15, 0.2) is 0 Å². The lowest BCUT2D eigenvalue weighted by atomic mass is 10.2. The number of rotatable bonds is 2. The van der Waals surface area contributed by atoms with Crippen LogP contribution in [0.1, 0.15) is 10.5 Å². The van der Waals surface area contributed by atoms with Crippen molar-refractivity contribution in [3.05, 3.63) is 48.7 Å². The van der Waals surface area contributed by atoms with Crippen LogP contribution in [0.5, 0.6) is 0 Å². The molecule has 1 aliphatic rings. The number of fused-ring (bicyclic) bond motifs is 1. The fourth-order valence-electron chi connectivity index (χ4n) is 2.88. The van der Waals surface area contributed by atoms with E-state index in [-0.39, 0.29) is 5.91 Å². The fourth-order valence-corrected chi connectivity index (χ4v) is 2.88. The highest BCUT2D eigenvalue weighted by Crippen LogP contribution is 2.21. The number of aromatic nitrogens is 4. The van der Waals surface area contributed by atoms with Crippen molar-refractivity contribution in [1.82, 2.24) is 25.1 Å². The summed E-state index contributed by atoms with van der Waals surface area (Å²) in [5, 5.41) is 7.59. The second-order valence-corrected chi connectivity index (χ2v) is 5.52. The second-order valence-electron chi connectivity index (χ2n) is 5.52. The van der Waals surface area contributed by atoms with Crippen molar-refractivity contribution >= 4 is 22.5 Å². The van der Waals surface area contributed by atoms with Crippen LogP contribution in [0.3, 0.4) is 0 Å². The van der Waals surface area contributed by atoms with Gasteiger partial charge in [0.1, 0.15) is 12.0 Å². The zero-order valence-corrected chi connectivity index (χ0v) is 12.5. The molecule has 1 N–H and O–H groups in total. The van der Waals surface area contributed by atoms with Crippen LogP contribution in [0.4, 0.5) is 5.69 Å². The van der Waals surface area contributed by atoms with Gasteiger partial charge in [-0.2, -0.15) is 5.10 Å². The predicted octanol–water partition coefficient (Wildman–Crippen LogP) is 1.32. The van der Waals surface area contributed by atoms with E-state index in [4.69, 9.17) is 0 Å². The van der Waals surface area contributed by atoms with Crippen LogP contribution >= 0.6 is 0 Å². The number of benzene rings is 1. The molecule has 0 saturated carbocycles. The average Bonchev–Trinajstić information content (AvgIpc) is 3.15. The molecule has 0 unspecified atom stereocenters. The topological polar surface area (TPSA) is 78.0 Å². The summed E-state index contributed by atoms with van der Waals surface area (Å²) in [7, 11) is 0. The van der Waals surface area contributed by atoms with Crippen molar-refractivity contribution in [2.75, 3.05) is 31.1 Å². The number of piperazine rings is 1. The van der Waals surface area contributed by atoms with Gasteiger partial charge in [-0.05, 0) is 24.3 Å². The van der Waals surface area contributed by atoms with Crippen LogP contribution < -0.4 is 4.90 Å². The first-order valence-electron chi connectivity index (χ1n) is 7.54. The van der Waals surface area contributed by atoms with Gasteiger partial charge < -0.3 is 9.80 Å². The van der Waals surface area contributed by atoms with Gasteiger partial charge in [0.05, 0.1) is 5.52 Å². The number of carbonyl (C=O) groups is 1. The molecule has 3 heterocycles. The van der Waals surface area contributed by atoms with Gasteiger partial charge in [-0.1, -0.05) is 0 Å². The quantitative estimate of drug-likeness (QED) is 0.772. The van der Waals surface area contributed by atoms with Crippen LogP contribution in [-0.2, 0) is 0 Å². The van der Waals surface area contributed by atoms with Crippen LogP contribution in [0.15, 0.2) is 43.0 Å². The smallest absolute Gasteiger partial charge is 0.271 e. The van der Waals surface area contributed by atoms with E-state index in [9.17, 15) is 4.79 Å². The van der Waals surface area contributed by atoms with E-state index in [1.165, 1.54) is 0 Å². The maximum absolute atomic E-state index is 12.3. The Bertz CT molecular complexity index is 823. The summed E-state index contributed by atoms with van der Waals surface area (Å²) in [5.41, 5.74) is 2.62. The molecule has 1 amide bonds. The Morgan fingerprint density at radius 3 is 2.78 bits per heavy atom. The van der Waals surface area contributed by atoms with Gasteiger partial charge in [0, 0.05) is 49.6 Å². The number of aromatic amines is 1. The maximum atomic E-state index is 12.3. The molecule has 1 fully saturated rings. The number of anilines is 1. The number of carbonyl (C=O) groups excluding carboxylic acids is 1. The maximum Gasteiger partial charge on any atom is 0.271 e. The van der Waals surface area contributed by atoms with Gasteiger partial charge in [-0.3, -0.25) is 9.89 Å². The minimum absolute atomic E-state index is 0.00839. The van der Waals surface area contributed by atoms with Crippen LogP contribution in [0, 0.1) is 0 Å². The Kier molecular flexibility index (Phi) is 3.38. The van der Waals surface area contributed by atoms with Gasteiger partial charge in [-0.15, -0.1) is 0 Å². The highest BCUT2D eigenvalue weighted by molar-refractivity contribution is 5.92. The molecule has 4 rings (SSSR count).